The highest BCUT2D eigenvalue weighted by atomic mass is 32.1. The van der Waals surface area contributed by atoms with Crippen LogP contribution in [-0.2, 0) is 0 Å². The van der Waals surface area contributed by atoms with Crippen LogP contribution in [0.5, 0.6) is 0 Å². The number of nitrogens with one attached hydrogen (secondary N) is 1. The Hall–Kier alpha value is -2.47. The van der Waals surface area contributed by atoms with Crippen molar-refractivity contribution in [2.75, 3.05) is 5.32 Å². The second kappa shape index (κ2) is 6.32. The summed E-state index contributed by atoms with van der Waals surface area (Å²) in [5.41, 5.74) is 3.04. The third-order valence-corrected chi connectivity index (χ3v) is 3.46. The Bertz CT molecular complexity index is 735. The predicted molar refractivity (Wildman–Crippen MR) is 83.5 cm³/mol. The molecule has 2 aromatic heterocycles. The summed E-state index contributed by atoms with van der Waals surface area (Å²) in [6.45, 7) is 2.03. The fraction of sp³-hybridized carbons (Fsp3) is 0.133. The minimum atomic E-state index is -0.354. The quantitative estimate of drug-likeness (QED) is 0.794. The normalized spacial score (nSPS) is 9.95. The van der Waals surface area contributed by atoms with Crippen LogP contribution in [0.2, 0.25) is 0 Å². The molecule has 1 N–H and O–H groups in total. The van der Waals surface area contributed by atoms with E-state index in [4.69, 9.17) is 4.52 Å². The topological polar surface area (TPSA) is 68.0 Å². The standard InChI is InChI=1S/C14H11N3O2S.CH4/c1-9-3-2-4-10(7-9)11-8-20-14(16-11)17-13(18)12-5-6-15-19-12;/h2-8H,1H3,(H,16,17,18);1H4. The molecule has 6 heteroatoms. The van der Waals surface area contributed by atoms with Crippen LogP contribution in [0.4, 0.5) is 5.13 Å². The number of hydrogen-bond donors (Lipinski definition) is 1. The molecule has 0 saturated heterocycles. The average Bonchev–Trinajstić information content (AvgIpc) is 3.10. The fourth-order valence-electron chi connectivity index (χ4n) is 1.76. The van der Waals surface area contributed by atoms with Gasteiger partial charge >= 0.3 is 0 Å². The summed E-state index contributed by atoms with van der Waals surface area (Å²) in [6.07, 6.45) is 1.43. The number of amides is 1. The number of anilines is 1. The van der Waals surface area contributed by atoms with Gasteiger partial charge < -0.3 is 4.52 Å². The van der Waals surface area contributed by atoms with Crippen LogP contribution >= 0.6 is 11.3 Å². The largest absolute Gasteiger partial charge is 0.351 e. The van der Waals surface area contributed by atoms with Crippen molar-refractivity contribution in [3.63, 3.8) is 0 Å². The molecule has 0 bridgehead atoms. The molecule has 1 aromatic carbocycles. The van der Waals surface area contributed by atoms with Crippen LogP contribution in [0.1, 0.15) is 23.5 Å². The molecule has 0 fully saturated rings. The second-order valence-electron chi connectivity index (χ2n) is 4.24. The molecular formula is C15H15N3O2S. The highest BCUT2D eigenvalue weighted by Crippen LogP contribution is 2.25. The van der Waals surface area contributed by atoms with Gasteiger partial charge in [-0.25, -0.2) is 4.98 Å². The maximum atomic E-state index is 11.8. The third kappa shape index (κ3) is 3.35. The highest BCUT2D eigenvalue weighted by molar-refractivity contribution is 7.14. The van der Waals surface area contributed by atoms with E-state index < -0.39 is 0 Å². The van der Waals surface area contributed by atoms with Crippen molar-refractivity contribution in [3.8, 4) is 11.3 Å². The first kappa shape index (κ1) is 14.9. The van der Waals surface area contributed by atoms with Gasteiger partial charge in [0, 0.05) is 17.0 Å². The lowest BCUT2D eigenvalue weighted by atomic mass is 10.1. The number of aryl methyl sites for hydroxylation is 1. The SMILES string of the molecule is C.Cc1cccc(-c2csc(NC(=O)c3ccno3)n2)c1. The lowest BCUT2D eigenvalue weighted by Crippen LogP contribution is -2.10. The van der Waals surface area contributed by atoms with E-state index in [-0.39, 0.29) is 19.1 Å². The zero-order chi connectivity index (χ0) is 13.9. The molecule has 5 nitrogen and oxygen atoms in total. The number of rotatable bonds is 3. The van der Waals surface area contributed by atoms with Crippen LogP contribution in [0.3, 0.4) is 0 Å². The van der Waals surface area contributed by atoms with Crippen molar-refractivity contribution in [2.24, 2.45) is 0 Å². The third-order valence-electron chi connectivity index (χ3n) is 2.70. The average molecular weight is 301 g/mol. The molecular weight excluding hydrogens is 286 g/mol. The van der Waals surface area contributed by atoms with Gasteiger partial charge in [0.2, 0.25) is 5.76 Å². The van der Waals surface area contributed by atoms with E-state index in [0.29, 0.717) is 5.13 Å². The molecule has 2 heterocycles. The zero-order valence-electron chi connectivity index (χ0n) is 10.7. The molecule has 0 aliphatic heterocycles. The Morgan fingerprint density at radius 2 is 2.19 bits per heavy atom. The van der Waals surface area contributed by atoms with Gasteiger partial charge in [-0.15, -0.1) is 11.3 Å². The Morgan fingerprint density at radius 3 is 2.90 bits per heavy atom. The lowest BCUT2D eigenvalue weighted by Gasteiger charge is -1.98. The van der Waals surface area contributed by atoms with Crippen LogP contribution in [0.25, 0.3) is 11.3 Å². The number of hydrogen-bond acceptors (Lipinski definition) is 5. The van der Waals surface area contributed by atoms with Crippen molar-refractivity contribution in [3.05, 3.63) is 53.2 Å². The lowest BCUT2D eigenvalue weighted by molar-refractivity contribution is 0.0988. The number of benzene rings is 1. The van der Waals surface area contributed by atoms with Gasteiger partial charge in [0.15, 0.2) is 5.13 Å². The highest BCUT2D eigenvalue weighted by Gasteiger charge is 2.12. The Kier molecular flexibility index (Phi) is 4.49. The molecule has 0 unspecified atom stereocenters. The van der Waals surface area contributed by atoms with Gasteiger partial charge in [0.25, 0.3) is 5.91 Å². The van der Waals surface area contributed by atoms with E-state index in [1.54, 1.807) is 0 Å². The van der Waals surface area contributed by atoms with Crippen LogP contribution < -0.4 is 5.32 Å². The number of carbonyl (C=O) groups excluding carboxylic acids is 1. The first-order chi connectivity index (χ1) is 9.72. The Balaban J connectivity index is 0.00000161. The van der Waals surface area contributed by atoms with Gasteiger partial charge in [-0.3, -0.25) is 10.1 Å². The first-order valence-electron chi connectivity index (χ1n) is 5.97. The molecule has 0 spiro atoms. The van der Waals surface area contributed by atoms with Gasteiger partial charge in [-0.2, -0.15) is 0 Å². The van der Waals surface area contributed by atoms with E-state index >= 15 is 0 Å². The molecule has 0 saturated carbocycles. The zero-order valence-corrected chi connectivity index (χ0v) is 11.5. The summed E-state index contributed by atoms with van der Waals surface area (Å²) < 4.78 is 4.79. The van der Waals surface area contributed by atoms with E-state index in [2.05, 4.69) is 21.5 Å². The molecule has 0 radical (unpaired) electrons. The van der Waals surface area contributed by atoms with Crippen molar-refractivity contribution in [1.29, 1.82) is 0 Å². The summed E-state index contributed by atoms with van der Waals surface area (Å²) in [5, 5.41) is 8.62. The van der Waals surface area contributed by atoms with Crippen LogP contribution in [-0.4, -0.2) is 16.0 Å². The minimum absolute atomic E-state index is 0. The minimum Gasteiger partial charge on any atom is -0.351 e. The molecule has 21 heavy (non-hydrogen) atoms. The van der Waals surface area contributed by atoms with Crippen LogP contribution in [0.15, 0.2) is 46.4 Å². The van der Waals surface area contributed by atoms with Crippen molar-refractivity contribution < 1.29 is 9.32 Å². The number of nitrogens with zero attached hydrogens (tertiary/aromatic N) is 2. The summed E-state index contributed by atoms with van der Waals surface area (Å²) in [6, 6.07) is 9.56. The van der Waals surface area contributed by atoms with Crippen LogP contribution in [0, 0.1) is 6.92 Å². The summed E-state index contributed by atoms with van der Waals surface area (Å²) >= 11 is 1.37. The number of aromatic nitrogens is 2. The molecule has 108 valence electrons. The van der Waals surface area contributed by atoms with Crippen molar-refractivity contribution in [2.45, 2.75) is 14.4 Å². The maximum absolute atomic E-state index is 11.8. The maximum Gasteiger partial charge on any atom is 0.296 e. The molecule has 3 aromatic rings. The van der Waals surface area contributed by atoms with E-state index in [1.807, 2.05) is 30.5 Å². The first-order valence-corrected chi connectivity index (χ1v) is 6.85. The predicted octanol–water partition coefficient (Wildman–Crippen LogP) is 3.99. The second-order valence-corrected chi connectivity index (χ2v) is 5.10. The van der Waals surface area contributed by atoms with E-state index in [0.717, 1.165) is 11.3 Å². The van der Waals surface area contributed by atoms with E-state index in [9.17, 15) is 4.79 Å². The number of thiazole rings is 1. The molecule has 1 amide bonds. The Labute approximate surface area is 126 Å². The smallest absolute Gasteiger partial charge is 0.296 e. The molecule has 0 aliphatic carbocycles. The molecule has 3 rings (SSSR count). The van der Waals surface area contributed by atoms with Gasteiger partial charge in [-0.1, -0.05) is 36.3 Å². The van der Waals surface area contributed by atoms with E-state index in [1.165, 1.54) is 29.2 Å². The van der Waals surface area contributed by atoms with Crippen molar-refractivity contribution in [1.82, 2.24) is 10.1 Å². The summed E-state index contributed by atoms with van der Waals surface area (Å²) in [5.74, 6) is -0.190. The number of carbonyl (C=O) groups is 1. The molecule has 0 atom stereocenters. The Morgan fingerprint density at radius 1 is 1.33 bits per heavy atom. The molecule has 0 aliphatic rings. The van der Waals surface area contributed by atoms with Gasteiger partial charge in [-0.05, 0) is 13.0 Å². The summed E-state index contributed by atoms with van der Waals surface area (Å²) in [7, 11) is 0. The van der Waals surface area contributed by atoms with Gasteiger partial charge in [0.05, 0.1) is 11.9 Å². The fourth-order valence-corrected chi connectivity index (χ4v) is 2.47. The van der Waals surface area contributed by atoms with Crippen molar-refractivity contribution >= 4 is 22.4 Å². The van der Waals surface area contributed by atoms with Gasteiger partial charge in [0.1, 0.15) is 0 Å². The summed E-state index contributed by atoms with van der Waals surface area (Å²) in [4.78, 5) is 16.2. The monoisotopic (exact) mass is 301 g/mol.